The first-order valence-corrected chi connectivity index (χ1v) is 3.67. The van der Waals surface area contributed by atoms with Gasteiger partial charge in [0, 0.05) is 5.56 Å². The smallest absolute Gasteiger partial charge is 0.143 e. The number of aliphatic hydroxyl groups is 1. The van der Waals surface area contributed by atoms with Crippen LogP contribution >= 0.6 is 0 Å². The number of nitriles is 1. The molecular formula is C9H7NO2. The van der Waals surface area contributed by atoms with Gasteiger partial charge in [0.05, 0.1) is 5.56 Å². The van der Waals surface area contributed by atoms with E-state index in [4.69, 9.17) is 10.00 Å². The van der Waals surface area contributed by atoms with Crippen LogP contribution in [0.1, 0.15) is 17.2 Å². The van der Waals surface area contributed by atoms with Crippen molar-refractivity contribution in [2.45, 2.75) is 6.10 Å². The molecule has 1 N–H and O–H groups in total. The molecule has 60 valence electrons. The van der Waals surface area contributed by atoms with Crippen LogP contribution in [0.5, 0.6) is 5.75 Å². The average Bonchev–Trinajstić information content (AvgIpc) is 2.48. The Kier molecular flexibility index (Phi) is 1.49. The van der Waals surface area contributed by atoms with E-state index < -0.39 is 6.10 Å². The molecular weight excluding hydrogens is 154 g/mol. The molecule has 1 heterocycles. The molecule has 0 saturated heterocycles. The molecule has 1 atom stereocenters. The molecule has 0 aliphatic carbocycles. The van der Waals surface area contributed by atoms with E-state index in [9.17, 15) is 5.11 Å². The zero-order chi connectivity index (χ0) is 8.55. The summed E-state index contributed by atoms with van der Waals surface area (Å²) >= 11 is 0. The fraction of sp³-hybridized carbons (Fsp3) is 0.222. The first-order valence-electron chi connectivity index (χ1n) is 3.67. The lowest BCUT2D eigenvalue weighted by atomic mass is 10.1. The summed E-state index contributed by atoms with van der Waals surface area (Å²) in [5.41, 5.74) is 1.21. The molecule has 3 heteroatoms. The summed E-state index contributed by atoms with van der Waals surface area (Å²) in [5, 5.41) is 18.0. The van der Waals surface area contributed by atoms with Crippen LogP contribution in [0.25, 0.3) is 0 Å². The second-order valence-electron chi connectivity index (χ2n) is 2.66. The molecule has 0 fully saturated rings. The Hall–Kier alpha value is -1.53. The van der Waals surface area contributed by atoms with Gasteiger partial charge in [0.15, 0.2) is 0 Å². The van der Waals surface area contributed by atoms with Crippen molar-refractivity contribution in [3.63, 3.8) is 0 Å². The second-order valence-corrected chi connectivity index (χ2v) is 2.66. The summed E-state index contributed by atoms with van der Waals surface area (Å²) in [6.07, 6.45) is -0.576. The second kappa shape index (κ2) is 2.50. The molecule has 12 heavy (non-hydrogen) atoms. The van der Waals surface area contributed by atoms with E-state index in [1.165, 1.54) is 0 Å². The van der Waals surface area contributed by atoms with Gasteiger partial charge in [-0.15, -0.1) is 0 Å². The SMILES string of the molecule is N#Cc1cccc2c1OCC2O. The van der Waals surface area contributed by atoms with Gasteiger partial charge < -0.3 is 9.84 Å². The van der Waals surface area contributed by atoms with Gasteiger partial charge in [-0.2, -0.15) is 5.26 Å². The number of aliphatic hydroxyl groups excluding tert-OH is 1. The Balaban J connectivity index is 2.60. The quantitative estimate of drug-likeness (QED) is 0.617. The van der Waals surface area contributed by atoms with Gasteiger partial charge in [0.1, 0.15) is 24.5 Å². The Morgan fingerprint density at radius 2 is 2.42 bits per heavy atom. The number of rotatable bonds is 0. The number of hydrogen-bond acceptors (Lipinski definition) is 3. The highest BCUT2D eigenvalue weighted by Gasteiger charge is 2.23. The number of fused-ring (bicyclic) bond motifs is 1. The van der Waals surface area contributed by atoms with Crippen LogP contribution in [-0.2, 0) is 0 Å². The summed E-state index contributed by atoms with van der Waals surface area (Å²) < 4.78 is 5.16. The van der Waals surface area contributed by atoms with Crippen molar-refractivity contribution >= 4 is 0 Å². The molecule has 1 aliphatic rings. The van der Waals surface area contributed by atoms with Gasteiger partial charge in [-0.05, 0) is 6.07 Å². The third-order valence-corrected chi connectivity index (χ3v) is 1.91. The van der Waals surface area contributed by atoms with E-state index in [0.717, 1.165) is 0 Å². The third kappa shape index (κ3) is 0.858. The molecule has 3 nitrogen and oxygen atoms in total. The number of nitrogens with zero attached hydrogens (tertiary/aromatic N) is 1. The molecule has 0 amide bonds. The number of hydrogen-bond donors (Lipinski definition) is 1. The third-order valence-electron chi connectivity index (χ3n) is 1.91. The predicted molar refractivity (Wildman–Crippen MR) is 41.6 cm³/mol. The zero-order valence-corrected chi connectivity index (χ0v) is 6.32. The Morgan fingerprint density at radius 1 is 1.58 bits per heavy atom. The molecule has 0 aromatic heterocycles. The van der Waals surface area contributed by atoms with Gasteiger partial charge >= 0.3 is 0 Å². The monoisotopic (exact) mass is 161 g/mol. The van der Waals surface area contributed by atoms with Gasteiger partial charge in [0.2, 0.25) is 0 Å². The van der Waals surface area contributed by atoms with E-state index in [1.54, 1.807) is 18.2 Å². The van der Waals surface area contributed by atoms with Crippen molar-refractivity contribution in [2.24, 2.45) is 0 Å². The summed E-state index contributed by atoms with van der Waals surface area (Å²) in [4.78, 5) is 0. The highest BCUT2D eigenvalue weighted by Crippen LogP contribution is 2.34. The Bertz CT molecular complexity index is 354. The van der Waals surface area contributed by atoms with Crippen molar-refractivity contribution in [1.82, 2.24) is 0 Å². The number of ether oxygens (including phenoxy) is 1. The van der Waals surface area contributed by atoms with Crippen molar-refractivity contribution < 1.29 is 9.84 Å². The minimum atomic E-state index is -0.576. The van der Waals surface area contributed by atoms with E-state index in [0.29, 0.717) is 16.9 Å². The number of para-hydroxylation sites is 1. The lowest BCUT2D eigenvalue weighted by molar-refractivity contribution is 0.140. The van der Waals surface area contributed by atoms with Crippen molar-refractivity contribution in [2.75, 3.05) is 6.61 Å². The molecule has 0 radical (unpaired) electrons. The topological polar surface area (TPSA) is 53.2 Å². The van der Waals surface area contributed by atoms with Gasteiger partial charge in [-0.3, -0.25) is 0 Å². The summed E-state index contributed by atoms with van der Waals surface area (Å²) in [6, 6.07) is 7.21. The van der Waals surface area contributed by atoms with E-state index in [-0.39, 0.29) is 6.61 Å². The standard InChI is InChI=1S/C9H7NO2/c10-4-6-2-1-3-7-8(11)5-12-9(6)7/h1-3,8,11H,5H2. The fourth-order valence-corrected chi connectivity index (χ4v) is 1.32. The molecule has 0 bridgehead atoms. The van der Waals surface area contributed by atoms with Crippen LogP contribution in [0.3, 0.4) is 0 Å². The molecule has 2 rings (SSSR count). The van der Waals surface area contributed by atoms with Crippen LogP contribution in [-0.4, -0.2) is 11.7 Å². The minimum absolute atomic E-state index is 0.258. The highest BCUT2D eigenvalue weighted by molar-refractivity contribution is 5.51. The largest absolute Gasteiger partial charge is 0.489 e. The van der Waals surface area contributed by atoms with Crippen LogP contribution in [0, 0.1) is 11.3 Å². The maximum absolute atomic E-state index is 9.37. The molecule has 0 saturated carbocycles. The zero-order valence-electron chi connectivity index (χ0n) is 6.32. The first-order chi connectivity index (χ1) is 5.83. The first kappa shape index (κ1) is 7.14. The van der Waals surface area contributed by atoms with Crippen molar-refractivity contribution in [1.29, 1.82) is 5.26 Å². The normalized spacial score (nSPS) is 19.5. The lowest BCUT2D eigenvalue weighted by Crippen LogP contribution is -1.97. The summed E-state index contributed by atoms with van der Waals surface area (Å²) in [6.45, 7) is 0.258. The van der Waals surface area contributed by atoms with Gasteiger partial charge in [-0.25, -0.2) is 0 Å². The van der Waals surface area contributed by atoms with Gasteiger partial charge in [-0.1, -0.05) is 12.1 Å². The van der Waals surface area contributed by atoms with E-state index in [1.807, 2.05) is 6.07 Å². The Labute approximate surface area is 69.8 Å². The molecule has 1 aliphatic heterocycles. The van der Waals surface area contributed by atoms with Crippen molar-refractivity contribution in [3.05, 3.63) is 29.3 Å². The van der Waals surface area contributed by atoms with E-state index >= 15 is 0 Å². The fourth-order valence-electron chi connectivity index (χ4n) is 1.32. The molecule has 1 aromatic carbocycles. The predicted octanol–water partition coefficient (Wildman–Crippen LogP) is 0.984. The molecule has 1 aromatic rings. The lowest BCUT2D eigenvalue weighted by Gasteiger charge is -1.99. The maximum Gasteiger partial charge on any atom is 0.143 e. The van der Waals surface area contributed by atoms with E-state index in [2.05, 4.69) is 0 Å². The van der Waals surface area contributed by atoms with Crippen LogP contribution in [0.15, 0.2) is 18.2 Å². The Morgan fingerprint density at radius 3 is 3.17 bits per heavy atom. The number of benzene rings is 1. The summed E-state index contributed by atoms with van der Waals surface area (Å²) in [5.74, 6) is 0.535. The van der Waals surface area contributed by atoms with Gasteiger partial charge in [0.25, 0.3) is 0 Å². The average molecular weight is 161 g/mol. The highest BCUT2D eigenvalue weighted by atomic mass is 16.5. The van der Waals surface area contributed by atoms with Crippen LogP contribution in [0.2, 0.25) is 0 Å². The summed E-state index contributed by atoms with van der Waals surface area (Å²) in [7, 11) is 0. The maximum atomic E-state index is 9.37. The van der Waals surface area contributed by atoms with Crippen LogP contribution < -0.4 is 4.74 Å². The van der Waals surface area contributed by atoms with Crippen LogP contribution in [0.4, 0.5) is 0 Å². The molecule has 1 unspecified atom stereocenters. The molecule has 0 spiro atoms. The minimum Gasteiger partial charge on any atom is -0.489 e. The van der Waals surface area contributed by atoms with Crippen molar-refractivity contribution in [3.8, 4) is 11.8 Å².